The summed E-state index contributed by atoms with van der Waals surface area (Å²) in [6.07, 6.45) is 1.76. The number of nitrogens with zero attached hydrogens (tertiary/aromatic N) is 1. The lowest BCUT2D eigenvalue weighted by atomic mass is 10.3. The van der Waals surface area contributed by atoms with Crippen LogP contribution in [0.4, 0.5) is 11.6 Å². The molecule has 0 aliphatic heterocycles. The number of H-pyrrole nitrogens is 1. The second-order valence-corrected chi connectivity index (χ2v) is 8.46. The van der Waals surface area contributed by atoms with Crippen molar-refractivity contribution in [2.45, 2.75) is 17.7 Å². The lowest BCUT2D eigenvalue weighted by Gasteiger charge is -2.08. The van der Waals surface area contributed by atoms with Crippen LogP contribution >= 0.6 is 0 Å². The number of hydrogen-bond acceptors (Lipinski definition) is 7. The van der Waals surface area contributed by atoms with Crippen LogP contribution in [0.15, 0.2) is 47.4 Å². The lowest BCUT2D eigenvalue weighted by Crippen LogP contribution is -2.21. The third-order valence-electron chi connectivity index (χ3n) is 4.46. The Balaban J connectivity index is 1.47. The third-order valence-corrected chi connectivity index (χ3v) is 5.72. The fourth-order valence-corrected chi connectivity index (χ4v) is 3.69. The van der Waals surface area contributed by atoms with E-state index in [0.717, 1.165) is 12.8 Å². The van der Waals surface area contributed by atoms with Crippen molar-refractivity contribution < 1.29 is 22.2 Å². The molecule has 5 N–H and O–H groups in total. The van der Waals surface area contributed by atoms with Crippen LogP contribution in [0, 0.1) is 5.92 Å². The number of amides is 2. The molecule has 2 aromatic carbocycles. The standard InChI is InChI=1S/C19H19N5O5S/c20-17(25)10-21-12-3-6-14(7-4-12)30(27,28)29-13-5-8-15-16(9-13)23-19(22-15)24-18(26)11-1-2-11/h3-9,11,21H,1-2,10H2,(H2,20,25)(H2,22,23,24,26). The Bertz CT molecular complexity index is 1220. The summed E-state index contributed by atoms with van der Waals surface area (Å²) in [5, 5.41) is 5.48. The third kappa shape index (κ3) is 4.51. The van der Waals surface area contributed by atoms with Crippen LogP contribution in [0.1, 0.15) is 12.8 Å². The monoisotopic (exact) mass is 429 g/mol. The highest BCUT2D eigenvalue weighted by atomic mass is 32.2. The van der Waals surface area contributed by atoms with Gasteiger partial charge in [-0.3, -0.25) is 14.9 Å². The minimum absolute atomic E-state index is 0.0413. The zero-order chi connectivity index (χ0) is 21.3. The summed E-state index contributed by atoms with van der Waals surface area (Å²) in [5.74, 6) is -0.163. The van der Waals surface area contributed by atoms with Gasteiger partial charge in [0.25, 0.3) is 0 Å². The van der Waals surface area contributed by atoms with E-state index < -0.39 is 16.0 Å². The van der Waals surface area contributed by atoms with Crippen molar-refractivity contribution in [2.75, 3.05) is 17.2 Å². The molecular weight excluding hydrogens is 410 g/mol. The van der Waals surface area contributed by atoms with Gasteiger partial charge in [-0.1, -0.05) is 0 Å². The molecule has 2 amide bonds. The molecule has 0 saturated heterocycles. The number of rotatable bonds is 8. The first-order chi connectivity index (χ1) is 14.3. The van der Waals surface area contributed by atoms with Gasteiger partial charge < -0.3 is 20.2 Å². The summed E-state index contributed by atoms with van der Waals surface area (Å²) >= 11 is 0. The zero-order valence-corrected chi connectivity index (χ0v) is 16.5. The van der Waals surface area contributed by atoms with Gasteiger partial charge in [0.2, 0.25) is 17.8 Å². The summed E-state index contributed by atoms with van der Waals surface area (Å²) < 4.78 is 30.3. The molecule has 4 rings (SSSR count). The first kappa shape index (κ1) is 19.7. The minimum Gasteiger partial charge on any atom is -0.379 e. The number of nitrogens with one attached hydrogen (secondary N) is 3. The van der Waals surface area contributed by atoms with Gasteiger partial charge in [0.15, 0.2) is 0 Å². The van der Waals surface area contributed by atoms with Gasteiger partial charge in [-0.15, -0.1) is 0 Å². The van der Waals surface area contributed by atoms with Crippen molar-refractivity contribution in [1.29, 1.82) is 0 Å². The summed E-state index contributed by atoms with van der Waals surface area (Å²) in [6, 6.07) is 10.3. The van der Waals surface area contributed by atoms with Crippen molar-refractivity contribution in [1.82, 2.24) is 9.97 Å². The largest absolute Gasteiger partial charge is 0.379 e. The van der Waals surface area contributed by atoms with Crippen molar-refractivity contribution in [3.05, 3.63) is 42.5 Å². The van der Waals surface area contributed by atoms with E-state index >= 15 is 0 Å². The van der Waals surface area contributed by atoms with Gasteiger partial charge in [0.1, 0.15) is 10.6 Å². The molecule has 0 atom stereocenters. The fourth-order valence-electron chi connectivity index (χ4n) is 2.77. The Morgan fingerprint density at radius 2 is 1.90 bits per heavy atom. The van der Waals surface area contributed by atoms with E-state index in [4.69, 9.17) is 9.92 Å². The van der Waals surface area contributed by atoms with Crippen LogP contribution in [0.2, 0.25) is 0 Å². The molecule has 10 nitrogen and oxygen atoms in total. The van der Waals surface area contributed by atoms with Crippen LogP contribution in [0.3, 0.4) is 0 Å². The average Bonchev–Trinajstić information content (AvgIpc) is 3.47. The van der Waals surface area contributed by atoms with Crippen LogP contribution in [-0.4, -0.2) is 36.7 Å². The molecular formula is C19H19N5O5S. The molecule has 156 valence electrons. The van der Waals surface area contributed by atoms with Gasteiger partial charge in [-0.05, 0) is 49.2 Å². The van der Waals surface area contributed by atoms with Gasteiger partial charge in [-0.25, -0.2) is 4.98 Å². The molecule has 1 aliphatic carbocycles. The second-order valence-electron chi connectivity index (χ2n) is 6.91. The average molecular weight is 429 g/mol. The molecule has 30 heavy (non-hydrogen) atoms. The number of fused-ring (bicyclic) bond motifs is 1. The summed E-state index contributed by atoms with van der Waals surface area (Å²) in [4.78, 5) is 29.8. The predicted molar refractivity (Wildman–Crippen MR) is 109 cm³/mol. The van der Waals surface area contributed by atoms with E-state index in [1.54, 1.807) is 6.07 Å². The second kappa shape index (κ2) is 7.67. The van der Waals surface area contributed by atoms with Crippen molar-refractivity contribution >= 4 is 44.6 Å². The topological polar surface area (TPSA) is 156 Å². The Labute approximate surface area is 171 Å². The van der Waals surface area contributed by atoms with Crippen LogP contribution < -0.4 is 20.6 Å². The Morgan fingerprint density at radius 1 is 1.17 bits per heavy atom. The zero-order valence-electron chi connectivity index (χ0n) is 15.7. The van der Waals surface area contributed by atoms with E-state index in [2.05, 4.69) is 20.6 Å². The number of anilines is 2. The smallest absolute Gasteiger partial charge is 0.339 e. The highest BCUT2D eigenvalue weighted by Crippen LogP contribution is 2.30. The van der Waals surface area contributed by atoms with E-state index in [1.165, 1.54) is 36.4 Å². The van der Waals surface area contributed by atoms with E-state index in [9.17, 15) is 18.0 Å². The Morgan fingerprint density at radius 3 is 2.57 bits per heavy atom. The van der Waals surface area contributed by atoms with Gasteiger partial charge in [0.05, 0.1) is 17.6 Å². The number of carbonyl (C=O) groups excluding carboxylic acids is 2. The molecule has 1 aromatic heterocycles. The maximum absolute atomic E-state index is 12.5. The molecule has 0 bridgehead atoms. The van der Waals surface area contributed by atoms with Gasteiger partial charge >= 0.3 is 10.1 Å². The van der Waals surface area contributed by atoms with Gasteiger partial charge in [0, 0.05) is 17.7 Å². The normalized spacial score (nSPS) is 13.7. The van der Waals surface area contributed by atoms with Crippen molar-refractivity contribution in [3.63, 3.8) is 0 Å². The number of carbonyl (C=O) groups is 2. The molecule has 11 heteroatoms. The number of nitrogens with two attached hydrogens (primary N) is 1. The molecule has 0 unspecified atom stereocenters. The van der Waals surface area contributed by atoms with Crippen LogP contribution in [-0.2, 0) is 19.7 Å². The van der Waals surface area contributed by atoms with Crippen molar-refractivity contribution in [3.8, 4) is 5.75 Å². The number of benzene rings is 2. The number of hydrogen-bond donors (Lipinski definition) is 4. The van der Waals surface area contributed by atoms with E-state index in [0.29, 0.717) is 22.7 Å². The van der Waals surface area contributed by atoms with Crippen LogP contribution in [0.5, 0.6) is 5.75 Å². The molecule has 1 saturated carbocycles. The summed E-state index contributed by atoms with van der Waals surface area (Å²) in [5.41, 5.74) is 6.70. The molecule has 0 radical (unpaired) electrons. The molecule has 1 fully saturated rings. The first-order valence-electron chi connectivity index (χ1n) is 9.17. The summed E-state index contributed by atoms with van der Waals surface area (Å²) in [6.45, 7) is -0.0596. The highest BCUT2D eigenvalue weighted by Gasteiger charge is 2.30. The maximum atomic E-state index is 12.5. The van der Waals surface area contributed by atoms with E-state index in [-0.39, 0.29) is 29.0 Å². The number of primary amides is 1. The fraction of sp³-hybridized carbons (Fsp3) is 0.211. The Kier molecular flexibility index (Phi) is 5.04. The lowest BCUT2D eigenvalue weighted by molar-refractivity contribution is -0.117. The first-order valence-corrected chi connectivity index (χ1v) is 10.6. The summed E-state index contributed by atoms with van der Waals surface area (Å²) in [7, 11) is -4.07. The minimum atomic E-state index is -4.07. The molecule has 3 aromatic rings. The predicted octanol–water partition coefficient (Wildman–Crippen LogP) is 1.58. The highest BCUT2D eigenvalue weighted by molar-refractivity contribution is 7.87. The van der Waals surface area contributed by atoms with Crippen LogP contribution in [0.25, 0.3) is 11.0 Å². The number of aromatic amines is 1. The molecule has 1 heterocycles. The molecule has 0 spiro atoms. The maximum Gasteiger partial charge on any atom is 0.339 e. The number of imidazole rings is 1. The quantitative estimate of drug-likeness (QED) is 0.396. The van der Waals surface area contributed by atoms with Gasteiger partial charge in [-0.2, -0.15) is 8.42 Å². The van der Waals surface area contributed by atoms with E-state index in [1.807, 2.05) is 0 Å². The number of aromatic nitrogens is 2. The van der Waals surface area contributed by atoms with Crippen molar-refractivity contribution in [2.24, 2.45) is 11.7 Å². The SMILES string of the molecule is NC(=O)CNc1ccc(S(=O)(=O)Oc2ccc3nc(NC(=O)C4CC4)[nH]c3c2)cc1. The molecule has 1 aliphatic rings. The Hall–Kier alpha value is -3.60.